The molecule has 0 aromatic heterocycles. The summed E-state index contributed by atoms with van der Waals surface area (Å²) in [6.45, 7) is 0.649. The van der Waals surface area contributed by atoms with E-state index in [1.165, 1.54) is 4.90 Å². The third-order valence-electron chi connectivity index (χ3n) is 2.73. The van der Waals surface area contributed by atoms with E-state index in [1.807, 2.05) is 0 Å². The smallest absolute Gasteiger partial charge is 0.326 e. The van der Waals surface area contributed by atoms with E-state index in [4.69, 9.17) is 10.8 Å². The number of rotatable bonds is 5. The molecule has 0 bridgehead atoms. The summed E-state index contributed by atoms with van der Waals surface area (Å²) in [4.78, 5) is 23.8. The van der Waals surface area contributed by atoms with Crippen LogP contribution in [0.4, 0.5) is 0 Å². The summed E-state index contributed by atoms with van der Waals surface area (Å²) in [5, 5.41) is 18.3. The van der Waals surface area contributed by atoms with Gasteiger partial charge in [0.1, 0.15) is 6.04 Å². The minimum Gasteiger partial charge on any atom is -0.480 e. The van der Waals surface area contributed by atoms with Crippen LogP contribution < -0.4 is 5.73 Å². The van der Waals surface area contributed by atoms with Crippen LogP contribution >= 0.6 is 0 Å². The molecule has 0 spiro atoms. The molecule has 0 aromatic rings. The first-order chi connectivity index (χ1) is 7.56. The van der Waals surface area contributed by atoms with Gasteiger partial charge in [0.15, 0.2) is 0 Å². The Labute approximate surface area is 94.0 Å². The molecular formula is C10H18N2O4. The Morgan fingerprint density at radius 3 is 2.62 bits per heavy atom. The zero-order valence-corrected chi connectivity index (χ0v) is 9.13. The summed E-state index contributed by atoms with van der Waals surface area (Å²) in [5.41, 5.74) is 5.31. The highest BCUT2D eigenvalue weighted by Gasteiger charge is 2.38. The summed E-state index contributed by atoms with van der Waals surface area (Å²) < 4.78 is 0. The van der Waals surface area contributed by atoms with Crippen LogP contribution in [-0.4, -0.2) is 52.2 Å². The van der Waals surface area contributed by atoms with E-state index in [0.29, 0.717) is 19.4 Å². The molecule has 1 fully saturated rings. The van der Waals surface area contributed by atoms with Crippen LogP contribution in [0.5, 0.6) is 0 Å². The lowest BCUT2D eigenvalue weighted by molar-refractivity contribution is -0.148. The molecule has 0 aromatic carbocycles. The zero-order chi connectivity index (χ0) is 12.1. The number of β-amino-alcohol motifs (C(OH)–C–C–N with tert-alkyl or cyclic N) is 1. The Bertz CT molecular complexity index is 270. The number of likely N-dealkylation sites (tertiary alicyclic amines) is 1. The van der Waals surface area contributed by atoms with Gasteiger partial charge in [-0.2, -0.15) is 0 Å². The lowest BCUT2D eigenvalue weighted by Crippen LogP contribution is -2.40. The molecule has 1 aliphatic heterocycles. The van der Waals surface area contributed by atoms with Crippen molar-refractivity contribution in [3.63, 3.8) is 0 Å². The molecule has 1 rings (SSSR count). The van der Waals surface area contributed by atoms with E-state index in [2.05, 4.69) is 0 Å². The van der Waals surface area contributed by atoms with E-state index in [1.54, 1.807) is 0 Å². The van der Waals surface area contributed by atoms with Gasteiger partial charge in [-0.15, -0.1) is 0 Å². The fourth-order valence-electron chi connectivity index (χ4n) is 1.89. The molecular weight excluding hydrogens is 212 g/mol. The maximum Gasteiger partial charge on any atom is 0.326 e. The van der Waals surface area contributed by atoms with E-state index in [0.717, 1.165) is 6.42 Å². The van der Waals surface area contributed by atoms with Gasteiger partial charge >= 0.3 is 5.97 Å². The number of nitrogens with two attached hydrogens (primary N) is 1. The van der Waals surface area contributed by atoms with Gasteiger partial charge in [-0.1, -0.05) is 0 Å². The van der Waals surface area contributed by atoms with Crippen molar-refractivity contribution in [3.8, 4) is 0 Å². The lowest BCUT2D eigenvalue weighted by atomic mass is 10.2. The van der Waals surface area contributed by atoms with Crippen LogP contribution in [0.2, 0.25) is 0 Å². The molecule has 1 aliphatic rings. The number of hydrogen-bond acceptors (Lipinski definition) is 4. The molecule has 1 amide bonds. The fraction of sp³-hybridized carbons (Fsp3) is 0.800. The van der Waals surface area contributed by atoms with Gasteiger partial charge in [0.05, 0.1) is 6.10 Å². The average Bonchev–Trinajstić information content (AvgIpc) is 2.61. The van der Waals surface area contributed by atoms with Crippen molar-refractivity contribution in [3.05, 3.63) is 0 Å². The molecule has 1 saturated heterocycles. The lowest BCUT2D eigenvalue weighted by Gasteiger charge is -2.20. The summed E-state index contributed by atoms with van der Waals surface area (Å²) in [7, 11) is 0. The number of aliphatic hydroxyl groups is 1. The molecule has 0 radical (unpaired) electrons. The topological polar surface area (TPSA) is 104 Å². The van der Waals surface area contributed by atoms with Crippen molar-refractivity contribution in [1.29, 1.82) is 0 Å². The maximum atomic E-state index is 11.7. The molecule has 0 aliphatic carbocycles. The minimum atomic E-state index is -1.05. The van der Waals surface area contributed by atoms with E-state index < -0.39 is 18.1 Å². The summed E-state index contributed by atoms with van der Waals surface area (Å²) >= 11 is 0. The normalized spacial score (nSPS) is 24.8. The fourth-order valence-corrected chi connectivity index (χ4v) is 1.89. The van der Waals surface area contributed by atoms with Crippen molar-refractivity contribution >= 4 is 11.9 Å². The van der Waals surface area contributed by atoms with Crippen molar-refractivity contribution in [2.75, 3.05) is 13.1 Å². The highest BCUT2D eigenvalue weighted by atomic mass is 16.4. The quantitative estimate of drug-likeness (QED) is 0.534. The second-order valence-corrected chi connectivity index (χ2v) is 4.04. The number of carboxylic acid groups (broad SMARTS) is 1. The van der Waals surface area contributed by atoms with Crippen LogP contribution in [0.25, 0.3) is 0 Å². The largest absolute Gasteiger partial charge is 0.480 e. The van der Waals surface area contributed by atoms with Gasteiger partial charge in [0.2, 0.25) is 5.91 Å². The number of hydrogen-bond donors (Lipinski definition) is 3. The maximum absolute atomic E-state index is 11.7. The van der Waals surface area contributed by atoms with Crippen LogP contribution in [0.3, 0.4) is 0 Å². The first-order valence-corrected chi connectivity index (χ1v) is 5.46. The van der Waals surface area contributed by atoms with Gasteiger partial charge < -0.3 is 20.8 Å². The predicted molar refractivity (Wildman–Crippen MR) is 56.7 cm³/mol. The number of nitrogens with zero attached hydrogens (tertiary/aromatic N) is 1. The van der Waals surface area contributed by atoms with Crippen LogP contribution in [0.15, 0.2) is 0 Å². The number of unbranched alkanes of at least 4 members (excludes halogenated alkanes) is 1. The predicted octanol–water partition coefficient (Wildman–Crippen LogP) is -0.838. The summed E-state index contributed by atoms with van der Waals surface area (Å²) in [6.07, 6.45) is 1.11. The van der Waals surface area contributed by atoms with Crippen LogP contribution in [-0.2, 0) is 9.59 Å². The minimum absolute atomic E-state index is 0.123. The highest BCUT2D eigenvalue weighted by Crippen LogP contribution is 2.19. The standard InChI is InChI=1S/C10H18N2O4/c11-4-2-1-3-9(14)12-6-7(13)5-8(12)10(15)16/h7-8,13H,1-6,11H2,(H,15,16)/t7-,8-/m0/s1. The summed E-state index contributed by atoms with van der Waals surface area (Å²) in [5.74, 6) is -1.26. The van der Waals surface area contributed by atoms with E-state index >= 15 is 0 Å². The first-order valence-electron chi connectivity index (χ1n) is 5.46. The molecule has 1 heterocycles. The average molecular weight is 230 g/mol. The molecule has 92 valence electrons. The van der Waals surface area contributed by atoms with Crippen molar-refractivity contribution in [2.45, 2.75) is 37.8 Å². The van der Waals surface area contributed by atoms with E-state index in [-0.39, 0.29) is 18.9 Å². The third kappa shape index (κ3) is 3.18. The Kier molecular flexibility index (Phi) is 4.70. The van der Waals surface area contributed by atoms with Crippen LogP contribution in [0.1, 0.15) is 25.7 Å². The number of carboxylic acids is 1. The highest BCUT2D eigenvalue weighted by molar-refractivity contribution is 5.84. The van der Waals surface area contributed by atoms with Crippen molar-refractivity contribution in [1.82, 2.24) is 4.90 Å². The second kappa shape index (κ2) is 5.81. The molecule has 0 unspecified atom stereocenters. The van der Waals surface area contributed by atoms with Gasteiger partial charge in [0, 0.05) is 19.4 Å². The zero-order valence-electron chi connectivity index (χ0n) is 9.13. The van der Waals surface area contributed by atoms with Crippen LogP contribution in [0, 0.1) is 0 Å². The van der Waals surface area contributed by atoms with Gasteiger partial charge in [-0.05, 0) is 19.4 Å². The Balaban J connectivity index is 2.50. The number of aliphatic carboxylic acids is 1. The monoisotopic (exact) mass is 230 g/mol. The molecule has 2 atom stereocenters. The number of amides is 1. The number of carbonyl (C=O) groups is 2. The SMILES string of the molecule is NCCCCC(=O)N1C[C@@H](O)C[C@H]1C(=O)O. The Hall–Kier alpha value is -1.14. The third-order valence-corrected chi connectivity index (χ3v) is 2.73. The Morgan fingerprint density at radius 1 is 1.38 bits per heavy atom. The molecule has 6 nitrogen and oxygen atoms in total. The van der Waals surface area contributed by atoms with Gasteiger partial charge in [0.25, 0.3) is 0 Å². The van der Waals surface area contributed by atoms with E-state index in [9.17, 15) is 14.7 Å². The number of carbonyl (C=O) groups excluding carboxylic acids is 1. The Morgan fingerprint density at radius 2 is 2.06 bits per heavy atom. The van der Waals surface area contributed by atoms with Gasteiger partial charge in [-0.25, -0.2) is 4.79 Å². The first kappa shape index (κ1) is 12.9. The number of aliphatic hydroxyl groups excluding tert-OH is 1. The molecule has 16 heavy (non-hydrogen) atoms. The van der Waals surface area contributed by atoms with Crippen molar-refractivity contribution < 1.29 is 19.8 Å². The van der Waals surface area contributed by atoms with Crippen molar-refractivity contribution in [2.24, 2.45) is 5.73 Å². The molecule has 6 heteroatoms. The van der Waals surface area contributed by atoms with Gasteiger partial charge in [-0.3, -0.25) is 4.79 Å². The molecule has 0 saturated carbocycles. The second-order valence-electron chi connectivity index (χ2n) is 4.04. The molecule has 4 N–H and O–H groups in total. The summed E-state index contributed by atoms with van der Waals surface area (Å²) in [6, 6.07) is -0.875.